The van der Waals surface area contributed by atoms with Gasteiger partial charge in [-0.05, 0) is 15.9 Å². The average molecular weight is 268 g/mol. The molecule has 2 N–H and O–H groups in total. The van der Waals surface area contributed by atoms with Crippen LogP contribution in [0.4, 0.5) is 8.78 Å². The fourth-order valence-electron chi connectivity index (χ4n) is 0.801. The third kappa shape index (κ3) is 1.82. The summed E-state index contributed by atoms with van der Waals surface area (Å²) in [6.45, 7) is 0. The lowest BCUT2D eigenvalue weighted by Gasteiger charge is -2.06. The molecule has 0 saturated heterocycles. The molecular weight excluding hydrogens is 264 g/mol. The van der Waals surface area contributed by atoms with Crippen molar-refractivity contribution in [3.63, 3.8) is 0 Å². The molecule has 0 radical (unpaired) electrons. The van der Waals surface area contributed by atoms with E-state index in [1.165, 1.54) is 0 Å². The van der Waals surface area contributed by atoms with Gasteiger partial charge in [0.05, 0.1) is 10.0 Å². The van der Waals surface area contributed by atoms with Crippen molar-refractivity contribution in [2.75, 3.05) is 0 Å². The van der Waals surface area contributed by atoms with E-state index in [0.29, 0.717) is 6.20 Å². The number of carboxylic acid groups (broad SMARTS) is 1. The van der Waals surface area contributed by atoms with Crippen LogP contribution in [0.2, 0.25) is 0 Å². The maximum atomic E-state index is 12.2. The molecule has 0 unspecified atom stereocenters. The molecule has 0 bridgehead atoms. The molecule has 14 heavy (non-hydrogen) atoms. The van der Waals surface area contributed by atoms with Gasteiger partial charge in [-0.1, -0.05) is 0 Å². The van der Waals surface area contributed by atoms with E-state index >= 15 is 0 Å². The fourth-order valence-corrected chi connectivity index (χ4v) is 1.26. The molecule has 0 aliphatic rings. The van der Waals surface area contributed by atoms with Gasteiger partial charge in [-0.3, -0.25) is 0 Å². The number of aromatic nitrogens is 1. The van der Waals surface area contributed by atoms with Crippen LogP contribution in [0.3, 0.4) is 0 Å². The van der Waals surface area contributed by atoms with Crippen molar-refractivity contribution in [1.29, 1.82) is 0 Å². The minimum Gasteiger partial charge on any atom is -0.504 e. The summed E-state index contributed by atoms with van der Waals surface area (Å²) < 4.78 is 24.1. The molecule has 0 aliphatic heterocycles. The van der Waals surface area contributed by atoms with Crippen molar-refractivity contribution >= 4 is 21.9 Å². The molecule has 76 valence electrons. The van der Waals surface area contributed by atoms with Crippen LogP contribution in [0.1, 0.15) is 22.5 Å². The summed E-state index contributed by atoms with van der Waals surface area (Å²) in [5, 5.41) is 17.7. The van der Waals surface area contributed by atoms with Crippen LogP contribution >= 0.6 is 15.9 Å². The smallest absolute Gasteiger partial charge is 0.358 e. The normalized spacial score (nSPS) is 10.6. The highest BCUT2D eigenvalue weighted by atomic mass is 79.9. The van der Waals surface area contributed by atoms with Crippen LogP contribution < -0.4 is 0 Å². The quantitative estimate of drug-likeness (QED) is 0.862. The van der Waals surface area contributed by atoms with Crippen LogP contribution in [0.5, 0.6) is 5.75 Å². The molecule has 0 saturated carbocycles. The first kappa shape index (κ1) is 10.8. The summed E-state index contributed by atoms with van der Waals surface area (Å²) in [5.74, 6) is -2.28. The first-order valence-corrected chi connectivity index (χ1v) is 4.13. The predicted octanol–water partition coefficient (Wildman–Crippen LogP) is 2.19. The molecule has 0 aromatic carbocycles. The maximum Gasteiger partial charge on any atom is 0.358 e. The van der Waals surface area contributed by atoms with Gasteiger partial charge in [0.25, 0.3) is 6.43 Å². The lowest BCUT2D eigenvalue weighted by molar-refractivity contribution is 0.0686. The number of hydrogen-bond acceptors (Lipinski definition) is 3. The molecule has 0 spiro atoms. The highest BCUT2D eigenvalue weighted by molar-refractivity contribution is 9.10. The summed E-state index contributed by atoms with van der Waals surface area (Å²) in [4.78, 5) is 13.6. The van der Waals surface area contributed by atoms with Crippen molar-refractivity contribution in [2.45, 2.75) is 6.43 Å². The number of hydrogen-bond donors (Lipinski definition) is 2. The zero-order valence-corrected chi connectivity index (χ0v) is 8.12. The Morgan fingerprint density at radius 2 is 2.14 bits per heavy atom. The van der Waals surface area contributed by atoms with Crippen LogP contribution in [0, 0.1) is 0 Å². The number of aromatic hydroxyl groups is 1. The van der Waals surface area contributed by atoms with Gasteiger partial charge in [-0.2, -0.15) is 0 Å². The SMILES string of the molecule is O=C(O)c1ncc(C(F)F)c(Br)c1O. The second-order valence-electron chi connectivity index (χ2n) is 2.33. The number of halogens is 3. The lowest BCUT2D eigenvalue weighted by Crippen LogP contribution is -2.02. The van der Waals surface area contributed by atoms with E-state index in [1.54, 1.807) is 0 Å². The predicted molar refractivity (Wildman–Crippen MR) is 45.5 cm³/mol. The standard InChI is InChI=1S/C7H4BrF2NO3/c8-3-2(6(9)10)1-11-4(5(3)12)7(13)14/h1,6,12H,(H,13,14). The first-order valence-electron chi connectivity index (χ1n) is 3.34. The molecule has 1 rings (SSSR count). The Kier molecular flexibility index (Phi) is 3.00. The largest absolute Gasteiger partial charge is 0.504 e. The van der Waals surface area contributed by atoms with Crippen molar-refractivity contribution in [1.82, 2.24) is 4.98 Å². The molecule has 1 heterocycles. The zero-order valence-electron chi connectivity index (χ0n) is 6.54. The molecule has 1 aromatic rings. The van der Waals surface area contributed by atoms with Crippen LogP contribution in [0.15, 0.2) is 10.7 Å². The average Bonchev–Trinajstić information content (AvgIpc) is 2.08. The molecule has 0 amide bonds. The van der Waals surface area contributed by atoms with E-state index < -0.39 is 29.4 Å². The first-order chi connectivity index (χ1) is 6.45. The molecule has 0 fully saturated rings. The van der Waals surface area contributed by atoms with Crippen molar-refractivity contribution in [2.24, 2.45) is 0 Å². The zero-order chi connectivity index (χ0) is 10.9. The van der Waals surface area contributed by atoms with Crippen molar-refractivity contribution in [3.8, 4) is 5.75 Å². The van der Waals surface area contributed by atoms with Gasteiger partial charge in [0.2, 0.25) is 0 Å². The Balaban J connectivity index is 3.33. The van der Waals surface area contributed by atoms with Gasteiger partial charge in [-0.25, -0.2) is 18.6 Å². The Morgan fingerprint density at radius 1 is 1.57 bits per heavy atom. The Labute approximate surface area is 85.3 Å². The number of alkyl halides is 2. The van der Waals surface area contributed by atoms with Gasteiger partial charge in [0, 0.05) is 6.20 Å². The summed E-state index contributed by atoms with van der Waals surface area (Å²) >= 11 is 2.67. The highest BCUT2D eigenvalue weighted by Gasteiger charge is 2.21. The minimum absolute atomic E-state index is 0.347. The fraction of sp³-hybridized carbons (Fsp3) is 0.143. The number of pyridine rings is 1. The second kappa shape index (κ2) is 3.87. The molecule has 0 aliphatic carbocycles. The lowest BCUT2D eigenvalue weighted by atomic mass is 10.2. The number of carbonyl (C=O) groups is 1. The summed E-state index contributed by atoms with van der Waals surface area (Å²) in [6, 6.07) is 0. The van der Waals surface area contributed by atoms with E-state index in [9.17, 15) is 18.7 Å². The third-order valence-corrected chi connectivity index (χ3v) is 2.29. The topological polar surface area (TPSA) is 70.4 Å². The number of rotatable bonds is 2. The summed E-state index contributed by atoms with van der Waals surface area (Å²) in [7, 11) is 0. The number of nitrogens with zero attached hydrogens (tertiary/aromatic N) is 1. The molecule has 0 atom stereocenters. The Morgan fingerprint density at radius 3 is 2.57 bits per heavy atom. The van der Waals surface area contributed by atoms with Gasteiger partial charge < -0.3 is 10.2 Å². The number of aromatic carboxylic acids is 1. The van der Waals surface area contributed by atoms with Gasteiger partial charge in [0.1, 0.15) is 0 Å². The van der Waals surface area contributed by atoms with E-state index in [4.69, 9.17) is 5.11 Å². The van der Waals surface area contributed by atoms with Gasteiger partial charge in [0.15, 0.2) is 11.4 Å². The molecule has 1 aromatic heterocycles. The Hall–Kier alpha value is -1.24. The molecule has 7 heteroatoms. The van der Waals surface area contributed by atoms with Crippen LogP contribution in [-0.4, -0.2) is 21.2 Å². The van der Waals surface area contributed by atoms with Crippen LogP contribution in [-0.2, 0) is 0 Å². The van der Waals surface area contributed by atoms with E-state index in [2.05, 4.69) is 20.9 Å². The van der Waals surface area contributed by atoms with Gasteiger partial charge >= 0.3 is 5.97 Å². The maximum absolute atomic E-state index is 12.2. The highest BCUT2D eigenvalue weighted by Crippen LogP contribution is 2.34. The number of carboxylic acids is 1. The Bertz CT molecular complexity index is 383. The molecule has 4 nitrogen and oxygen atoms in total. The third-order valence-electron chi connectivity index (χ3n) is 1.46. The summed E-state index contributed by atoms with van der Waals surface area (Å²) in [6.07, 6.45) is -2.12. The van der Waals surface area contributed by atoms with Crippen molar-refractivity contribution in [3.05, 3.63) is 21.9 Å². The monoisotopic (exact) mass is 267 g/mol. The minimum atomic E-state index is -2.83. The van der Waals surface area contributed by atoms with Crippen LogP contribution in [0.25, 0.3) is 0 Å². The van der Waals surface area contributed by atoms with E-state index in [-0.39, 0.29) is 4.47 Å². The summed E-state index contributed by atoms with van der Waals surface area (Å²) in [5.41, 5.74) is -1.21. The van der Waals surface area contributed by atoms with E-state index in [0.717, 1.165) is 0 Å². The second-order valence-corrected chi connectivity index (χ2v) is 3.12. The van der Waals surface area contributed by atoms with Crippen molar-refractivity contribution < 1.29 is 23.8 Å². The molecular formula is C7H4BrF2NO3. The van der Waals surface area contributed by atoms with E-state index in [1.807, 2.05) is 0 Å². The van der Waals surface area contributed by atoms with Gasteiger partial charge in [-0.15, -0.1) is 0 Å².